The van der Waals surface area contributed by atoms with Gasteiger partial charge in [0.15, 0.2) is 12.6 Å². The Balaban J connectivity index is 1.43. The molecule has 13 nitrogen and oxygen atoms in total. The van der Waals surface area contributed by atoms with Gasteiger partial charge in [-0.1, -0.05) is 46.3 Å². The molecule has 0 spiro atoms. The smallest absolute Gasteiger partial charge is 0.303 e. The maximum Gasteiger partial charge on any atom is 0.303 e. The monoisotopic (exact) mass is 811 g/mol. The van der Waals surface area contributed by atoms with E-state index in [1.54, 1.807) is 13.8 Å². The highest BCUT2D eigenvalue weighted by molar-refractivity contribution is 5.66. The Labute approximate surface area is 339 Å². The van der Waals surface area contributed by atoms with Crippen LogP contribution >= 0.6 is 0 Å². The molecule has 57 heavy (non-hydrogen) atoms. The number of allylic oxidation sites excluding steroid dienone is 2. The highest BCUT2D eigenvalue weighted by Crippen LogP contribution is 2.76. The van der Waals surface area contributed by atoms with Gasteiger partial charge in [0, 0.05) is 12.3 Å². The molecule has 328 valence electrons. The fourth-order valence-corrected chi connectivity index (χ4v) is 13.5. The molecule has 0 aromatic heterocycles. The highest BCUT2D eigenvalue weighted by atomic mass is 16.7. The summed E-state index contributed by atoms with van der Waals surface area (Å²) < 4.78 is 31.9. The van der Waals surface area contributed by atoms with Crippen molar-refractivity contribution in [2.45, 2.75) is 213 Å². The van der Waals surface area contributed by atoms with Gasteiger partial charge < -0.3 is 59.4 Å². The molecule has 0 radical (unpaired) electrons. The van der Waals surface area contributed by atoms with Gasteiger partial charge in [-0.25, -0.2) is 0 Å². The van der Waals surface area contributed by atoms with Gasteiger partial charge in [0.05, 0.1) is 30.0 Å². The molecule has 4 saturated carbocycles. The first-order chi connectivity index (χ1) is 26.3. The molecule has 0 amide bonds. The summed E-state index contributed by atoms with van der Waals surface area (Å²) in [7, 11) is 0. The van der Waals surface area contributed by atoms with E-state index in [1.165, 1.54) is 12.5 Å². The van der Waals surface area contributed by atoms with Crippen molar-refractivity contribution >= 4 is 5.97 Å². The number of aliphatic hydroxyl groups is 7. The fourth-order valence-electron chi connectivity index (χ4n) is 13.5. The van der Waals surface area contributed by atoms with E-state index >= 15 is 0 Å². The summed E-state index contributed by atoms with van der Waals surface area (Å²) >= 11 is 0. The Kier molecular flexibility index (Phi) is 12.6. The second-order valence-corrected chi connectivity index (χ2v) is 21.0. The lowest BCUT2D eigenvalue weighted by molar-refractivity contribution is -0.351. The van der Waals surface area contributed by atoms with Gasteiger partial charge >= 0.3 is 5.97 Å². The molecule has 0 bridgehead atoms. The van der Waals surface area contributed by atoms with Crippen molar-refractivity contribution in [2.24, 2.45) is 45.3 Å². The molecule has 20 atom stereocenters. The van der Waals surface area contributed by atoms with Crippen LogP contribution in [0.15, 0.2) is 11.6 Å². The summed E-state index contributed by atoms with van der Waals surface area (Å²) in [5, 5.41) is 75.6. The lowest BCUT2D eigenvalue weighted by Crippen LogP contribution is -2.71. The summed E-state index contributed by atoms with van der Waals surface area (Å²) in [6.45, 7) is 21.8. The Hall–Kier alpha value is -1.23. The second-order valence-electron chi connectivity index (χ2n) is 21.0. The summed E-state index contributed by atoms with van der Waals surface area (Å²) in [4.78, 5) is 12.8. The summed E-state index contributed by atoms with van der Waals surface area (Å²) in [5.41, 5.74) is -1.08. The van der Waals surface area contributed by atoms with E-state index < -0.39 is 102 Å². The van der Waals surface area contributed by atoms with Crippen molar-refractivity contribution in [3.8, 4) is 0 Å². The number of fused-ring (bicyclic) bond motifs is 5. The minimum atomic E-state index is -1.55. The molecule has 0 aromatic carbocycles. The second kappa shape index (κ2) is 15.9. The summed E-state index contributed by atoms with van der Waals surface area (Å²) in [5.74, 6) is -0.114. The van der Waals surface area contributed by atoms with Crippen molar-refractivity contribution < 1.29 is 64.2 Å². The lowest BCUT2D eigenvalue weighted by atomic mass is 9.34. The highest BCUT2D eigenvalue weighted by Gasteiger charge is 2.73. The molecule has 2 heterocycles. The number of hydrogen-bond acceptors (Lipinski definition) is 13. The van der Waals surface area contributed by atoms with E-state index in [9.17, 15) is 40.5 Å². The van der Waals surface area contributed by atoms with Gasteiger partial charge in [0.1, 0.15) is 42.7 Å². The summed E-state index contributed by atoms with van der Waals surface area (Å²) in [6, 6.07) is 0. The zero-order valence-corrected chi connectivity index (χ0v) is 36.1. The predicted molar refractivity (Wildman–Crippen MR) is 209 cm³/mol. The van der Waals surface area contributed by atoms with Crippen LogP contribution in [0.4, 0.5) is 0 Å². The predicted octanol–water partition coefficient (Wildman–Crippen LogP) is 3.75. The maximum absolute atomic E-state index is 12.8. The van der Waals surface area contributed by atoms with Crippen molar-refractivity contribution in [1.29, 1.82) is 0 Å². The molecule has 0 unspecified atom stereocenters. The van der Waals surface area contributed by atoms with Gasteiger partial charge in [0.2, 0.25) is 0 Å². The van der Waals surface area contributed by atoms with Crippen LogP contribution in [0, 0.1) is 45.3 Å². The Morgan fingerprint density at radius 1 is 0.772 bits per heavy atom. The maximum atomic E-state index is 12.8. The van der Waals surface area contributed by atoms with Crippen molar-refractivity contribution in [1.82, 2.24) is 0 Å². The number of carbonyl (C=O) groups is 1. The molecule has 6 fully saturated rings. The van der Waals surface area contributed by atoms with E-state index in [0.29, 0.717) is 19.3 Å². The third-order valence-electron chi connectivity index (χ3n) is 16.5. The molecule has 6 aliphatic rings. The van der Waals surface area contributed by atoms with E-state index in [0.717, 1.165) is 32.1 Å². The molecule has 2 saturated heterocycles. The van der Waals surface area contributed by atoms with E-state index in [1.807, 2.05) is 13.8 Å². The molecule has 0 aromatic rings. The molecular weight excluding hydrogens is 736 g/mol. The topological polar surface area (TPSA) is 205 Å². The van der Waals surface area contributed by atoms with E-state index in [2.05, 4.69) is 47.6 Å². The average molecular weight is 811 g/mol. The zero-order valence-electron chi connectivity index (χ0n) is 36.1. The van der Waals surface area contributed by atoms with Gasteiger partial charge in [-0.2, -0.15) is 0 Å². The third kappa shape index (κ3) is 7.81. The van der Waals surface area contributed by atoms with E-state index in [4.69, 9.17) is 23.7 Å². The molecule has 2 aliphatic heterocycles. The van der Waals surface area contributed by atoms with Crippen LogP contribution in [0.1, 0.15) is 128 Å². The van der Waals surface area contributed by atoms with Crippen molar-refractivity contribution in [2.75, 3.05) is 0 Å². The molecular formula is C44H74O13. The fraction of sp³-hybridized carbons (Fsp3) is 0.932. The Morgan fingerprint density at radius 3 is 1.82 bits per heavy atom. The standard InChI is InChI=1S/C44H74O13/c1-21(13-12-16-40(5,6)52)25-14-17-43(10)26(25)19-27(56-38-34(50)32(48)30(46)22(2)53-38)36-42(9)20-28(57-39-35(51)33(49)31(47)23(3)54-39)37(55-24(4)45)41(7,8)29(42)15-18-44(36,43)11/h13,22-23,25-39,46-52H,12,14-20H2,1-11H3/b21-13+/t22-,23-,25-,26-,27-,28-,29+,30+,31-,32+,33+,34-,35-,36-,37-,38+,39+,42+,43-,44-/m1/s1. The number of carbonyl (C=O) groups excluding carboxylic acids is 1. The quantitative estimate of drug-likeness (QED) is 0.101. The minimum Gasteiger partial charge on any atom is -0.459 e. The Morgan fingerprint density at radius 2 is 1.30 bits per heavy atom. The van der Waals surface area contributed by atoms with Gasteiger partial charge in [-0.05, 0) is 126 Å². The molecule has 6 rings (SSSR count). The number of hydrogen-bond donors (Lipinski definition) is 7. The first kappa shape index (κ1) is 45.3. The van der Waals surface area contributed by atoms with Crippen molar-refractivity contribution in [3.05, 3.63) is 11.6 Å². The van der Waals surface area contributed by atoms with Crippen LogP contribution in [0.25, 0.3) is 0 Å². The van der Waals surface area contributed by atoms with Crippen LogP contribution in [0.3, 0.4) is 0 Å². The number of ether oxygens (including phenoxy) is 5. The van der Waals surface area contributed by atoms with Gasteiger partial charge in [0.25, 0.3) is 0 Å². The number of esters is 1. The average Bonchev–Trinajstić information content (AvgIpc) is 3.45. The van der Waals surface area contributed by atoms with Crippen LogP contribution in [-0.2, 0) is 28.5 Å². The van der Waals surface area contributed by atoms with Crippen LogP contribution in [0.2, 0.25) is 0 Å². The first-order valence-electron chi connectivity index (χ1n) is 21.5. The lowest BCUT2D eigenvalue weighted by Gasteiger charge is -2.72. The zero-order chi connectivity index (χ0) is 42.4. The summed E-state index contributed by atoms with van der Waals surface area (Å²) in [6.07, 6.45) is -6.16. The third-order valence-corrected chi connectivity index (χ3v) is 16.5. The van der Waals surface area contributed by atoms with Crippen LogP contribution in [0.5, 0.6) is 0 Å². The van der Waals surface area contributed by atoms with Gasteiger partial charge in [-0.15, -0.1) is 0 Å². The normalized spacial score (nSPS) is 51.4. The molecule has 7 N–H and O–H groups in total. The van der Waals surface area contributed by atoms with Crippen LogP contribution < -0.4 is 0 Å². The van der Waals surface area contributed by atoms with E-state index in [-0.39, 0.29) is 34.5 Å². The number of aliphatic hydroxyl groups excluding tert-OH is 6. The number of rotatable bonds is 9. The van der Waals surface area contributed by atoms with Gasteiger partial charge in [-0.3, -0.25) is 4.79 Å². The minimum absolute atomic E-state index is 0.00580. The largest absolute Gasteiger partial charge is 0.459 e. The Bertz CT molecular complexity index is 1480. The molecule has 4 aliphatic carbocycles. The van der Waals surface area contributed by atoms with Crippen molar-refractivity contribution in [3.63, 3.8) is 0 Å². The first-order valence-corrected chi connectivity index (χ1v) is 21.5. The van der Waals surface area contributed by atoms with Crippen LogP contribution in [-0.4, -0.2) is 127 Å². The molecule has 13 heteroatoms. The SMILES string of the molecule is CC(=O)O[C@@H]1[C@H](O[C@@H]2O[C@H](C)[C@@H](O)[C@H](O)[C@H]2O)C[C@]2(C)[C@H]3[C@H](O[C@@H]4O[C@H](C)[C@H](O)[C@H](O)[C@H]4O)C[C@@H]4[C@@H](/C(C)=C/CCC(C)(C)O)CC[C@@]4(C)[C@]3(C)CC[C@H]2C1(C)C.